The van der Waals surface area contributed by atoms with Gasteiger partial charge in [0.25, 0.3) is 5.91 Å². The van der Waals surface area contributed by atoms with E-state index in [2.05, 4.69) is 10.2 Å². The molecule has 1 aliphatic heterocycles. The lowest BCUT2D eigenvalue weighted by Crippen LogP contribution is -2.36. The first-order valence-corrected chi connectivity index (χ1v) is 10.0. The molecule has 1 aliphatic rings. The second-order valence-electron chi connectivity index (χ2n) is 7.29. The number of hydrogen-bond donors (Lipinski definition) is 1. The van der Waals surface area contributed by atoms with Gasteiger partial charge in [0.1, 0.15) is 6.54 Å². The molecular weight excluding hydrogens is 382 g/mol. The minimum absolute atomic E-state index is 0.0703. The number of aryl methyl sites for hydroxylation is 1. The lowest BCUT2D eigenvalue weighted by atomic mass is 10.2. The normalized spacial score (nSPS) is 14.0. The summed E-state index contributed by atoms with van der Waals surface area (Å²) >= 11 is 0. The zero-order valence-electron chi connectivity index (χ0n) is 17.0. The molecule has 30 heavy (non-hydrogen) atoms. The molecule has 2 heterocycles. The van der Waals surface area contributed by atoms with Crippen LogP contribution in [0.5, 0.6) is 0 Å². The molecule has 1 N–H and O–H groups in total. The molecule has 1 amide bonds. The molecule has 1 saturated heterocycles. The predicted molar refractivity (Wildman–Crippen MR) is 116 cm³/mol. The number of rotatable bonds is 6. The number of hydrogen-bond acceptors (Lipinski definition) is 5. The molecule has 3 aromatic rings. The van der Waals surface area contributed by atoms with E-state index in [0.29, 0.717) is 5.69 Å². The van der Waals surface area contributed by atoms with Crippen LogP contribution in [0, 0.1) is 6.92 Å². The van der Waals surface area contributed by atoms with E-state index in [1.165, 1.54) is 0 Å². The van der Waals surface area contributed by atoms with Gasteiger partial charge in [-0.2, -0.15) is 0 Å². The van der Waals surface area contributed by atoms with Crippen LogP contribution < -0.4 is 10.2 Å². The van der Waals surface area contributed by atoms with Crippen molar-refractivity contribution in [2.24, 2.45) is 0 Å². The van der Waals surface area contributed by atoms with Gasteiger partial charge in [0.2, 0.25) is 0 Å². The van der Waals surface area contributed by atoms with E-state index < -0.39 is 5.97 Å². The van der Waals surface area contributed by atoms with Crippen LogP contribution in [0.25, 0.3) is 10.9 Å². The number of nitrogens with zero attached hydrogens (tertiary/aromatic N) is 2. The van der Waals surface area contributed by atoms with Crippen molar-refractivity contribution in [3.63, 3.8) is 0 Å². The smallest absolute Gasteiger partial charge is 0.326 e. The van der Waals surface area contributed by atoms with Crippen LogP contribution in [0.1, 0.15) is 5.69 Å². The van der Waals surface area contributed by atoms with Crippen molar-refractivity contribution in [1.82, 2.24) is 4.57 Å². The Balaban J connectivity index is 1.28. The Hall–Kier alpha value is -3.32. The molecule has 1 aromatic heterocycles. The SMILES string of the molecule is Cc1cc2ccccc2n1CC(=O)OCC(=O)Nc1ccc(N2CCOCC2)cc1. The maximum absolute atomic E-state index is 12.2. The molecule has 0 aliphatic carbocycles. The highest BCUT2D eigenvalue weighted by Crippen LogP contribution is 2.20. The lowest BCUT2D eigenvalue weighted by Gasteiger charge is -2.28. The summed E-state index contributed by atoms with van der Waals surface area (Å²) in [6, 6.07) is 17.5. The second kappa shape index (κ2) is 9.00. The Morgan fingerprint density at radius 3 is 2.57 bits per heavy atom. The monoisotopic (exact) mass is 407 g/mol. The van der Waals surface area contributed by atoms with Gasteiger partial charge in [-0.15, -0.1) is 0 Å². The van der Waals surface area contributed by atoms with Crippen LogP contribution in [0.2, 0.25) is 0 Å². The molecule has 4 rings (SSSR count). The molecule has 156 valence electrons. The van der Waals surface area contributed by atoms with Crippen molar-refractivity contribution in [3.05, 3.63) is 60.3 Å². The predicted octanol–water partition coefficient (Wildman–Crippen LogP) is 2.97. The van der Waals surface area contributed by atoms with Gasteiger partial charge in [0.15, 0.2) is 6.61 Å². The molecule has 0 radical (unpaired) electrons. The minimum atomic E-state index is -0.447. The Kier molecular flexibility index (Phi) is 5.99. The third-order valence-electron chi connectivity index (χ3n) is 5.20. The second-order valence-corrected chi connectivity index (χ2v) is 7.29. The Bertz CT molecular complexity index is 1040. The lowest BCUT2D eigenvalue weighted by molar-refractivity contribution is -0.147. The summed E-state index contributed by atoms with van der Waals surface area (Å²) in [5.41, 5.74) is 3.70. The van der Waals surface area contributed by atoms with Crippen LogP contribution in [0.4, 0.5) is 11.4 Å². The van der Waals surface area contributed by atoms with Gasteiger partial charge in [0.05, 0.1) is 13.2 Å². The van der Waals surface area contributed by atoms with Crippen molar-refractivity contribution >= 4 is 34.2 Å². The van der Waals surface area contributed by atoms with Gasteiger partial charge < -0.3 is 24.3 Å². The van der Waals surface area contributed by atoms with Crippen molar-refractivity contribution in [1.29, 1.82) is 0 Å². The number of ether oxygens (including phenoxy) is 2. The Morgan fingerprint density at radius 1 is 1.07 bits per heavy atom. The van der Waals surface area contributed by atoms with Crippen LogP contribution in [-0.4, -0.2) is 49.4 Å². The zero-order chi connectivity index (χ0) is 20.9. The van der Waals surface area contributed by atoms with Gasteiger partial charge in [-0.3, -0.25) is 9.59 Å². The molecule has 1 fully saturated rings. The first kappa shape index (κ1) is 20.0. The molecule has 2 aromatic carbocycles. The van der Waals surface area contributed by atoms with E-state index >= 15 is 0 Å². The average molecular weight is 407 g/mol. The van der Waals surface area contributed by atoms with E-state index in [9.17, 15) is 9.59 Å². The average Bonchev–Trinajstić information content (AvgIpc) is 3.08. The van der Waals surface area contributed by atoms with Crippen LogP contribution in [-0.2, 0) is 25.6 Å². The van der Waals surface area contributed by atoms with Gasteiger partial charge in [-0.1, -0.05) is 18.2 Å². The van der Waals surface area contributed by atoms with Crippen molar-refractivity contribution in [2.75, 3.05) is 43.1 Å². The fourth-order valence-corrected chi connectivity index (χ4v) is 3.65. The van der Waals surface area contributed by atoms with E-state index in [4.69, 9.17) is 9.47 Å². The topological polar surface area (TPSA) is 72.8 Å². The maximum atomic E-state index is 12.2. The Morgan fingerprint density at radius 2 is 1.80 bits per heavy atom. The number of esters is 1. The highest BCUT2D eigenvalue weighted by Gasteiger charge is 2.13. The molecule has 7 nitrogen and oxygen atoms in total. The first-order chi connectivity index (χ1) is 14.6. The van der Waals surface area contributed by atoms with Gasteiger partial charge in [-0.05, 0) is 48.7 Å². The molecule has 0 bridgehead atoms. The number of amides is 1. The number of fused-ring (bicyclic) bond motifs is 1. The molecule has 7 heteroatoms. The van der Waals surface area contributed by atoms with Crippen LogP contribution in [0.15, 0.2) is 54.6 Å². The quantitative estimate of drug-likeness (QED) is 0.636. The maximum Gasteiger partial charge on any atom is 0.326 e. The largest absolute Gasteiger partial charge is 0.454 e. The summed E-state index contributed by atoms with van der Waals surface area (Å²) in [5.74, 6) is -0.811. The molecule has 0 spiro atoms. The number of benzene rings is 2. The van der Waals surface area contributed by atoms with Crippen LogP contribution >= 0.6 is 0 Å². The first-order valence-electron chi connectivity index (χ1n) is 10.0. The third kappa shape index (κ3) is 4.63. The van der Waals surface area contributed by atoms with Crippen LogP contribution in [0.3, 0.4) is 0 Å². The summed E-state index contributed by atoms with van der Waals surface area (Å²) in [4.78, 5) is 26.6. The number of nitrogens with one attached hydrogen (secondary N) is 1. The molecule has 0 saturated carbocycles. The Labute approximate surface area is 175 Å². The van der Waals surface area contributed by atoms with Crippen molar-refractivity contribution < 1.29 is 19.1 Å². The number of anilines is 2. The number of morpholine rings is 1. The summed E-state index contributed by atoms with van der Waals surface area (Å²) in [7, 11) is 0. The number of aromatic nitrogens is 1. The summed E-state index contributed by atoms with van der Waals surface area (Å²) in [6.45, 7) is 4.86. The van der Waals surface area contributed by atoms with E-state index in [-0.39, 0.29) is 19.1 Å². The summed E-state index contributed by atoms with van der Waals surface area (Å²) in [5, 5.41) is 3.83. The molecular formula is C23H25N3O4. The van der Waals surface area contributed by atoms with E-state index in [1.54, 1.807) is 0 Å². The summed E-state index contributed by atoms with van der Waals surface area (Å²) < 4.78 is 12.4. The number of para-hydroxylation sites is 1. The third-order valence-corrected chi connectivity index (χ3v) is 5.20. The standard InChI is InChI=1S/C23H25N3O4/c1-17-14-18-4-2-3-5-21(18)26(17)15-23(28)30-16-22(27)24-19-6-8-20(9-7-19)25-10-12-29-13-11-25/h2-9,14H,10-13,15-16H2,1H3,(H,24,27). The van der Waals surface area contributed by atoms with Gasteiger partial charge in [-0.25, -0.2) is 0 Å². The van der Waals surface area contributed by atoms with Crippen molar-refractivity contribution in [2.45, 2.75) is 13.5 Å². The highest BCUT2D eigenvalue weighted by atomic mass is 16.5. The highest BCUT2D eigenvalue weighted by molar-refractivity contribution is 5.93. The van der Waals surface area contributed by atoms with E-state index in [0.717, 1.165) is 48.6 Å². The van der Waals surface area contributed by atoms with Crippen molar-refractivity contribution in [3.8, 4) is 0 Å². The molecule has 0 unspecified atom stereocenters. The number of carbonyl (C=O) groups excluding carboxylic acids is 2. The fourth-order valence-electron chi connectivity index (χ4n) is 3.65. The van der Waals surface area contributed by atoms with E-state index in [1.807, 2.05) is 66.1 Å². The zero-order valence-corrected chi connectivity index (χ0v) is 17.0. The summed E-state index contributed by atoms with van der Waals surface area (Å²) in [6.07, 6.45) is 0. The minimum Gasteiger partial charge on any atom is -0.454 e. The molecule has 0 atom stereocenters. The number of carbonyl (C=O) groups is 2. The fraction of sp³-hybridized carbons (Fsp3) is 0.304. The van der Waals surface area contributed by atoms with Gasteiger partial charge in [0, 0.05) is 35.7 Å². The van der Waals surface area contributed by atoms with Gasteiger partial charge >= 0.3 is 5.97 Å².